The Morgan fingerprint density at radius 2 is 1.75 bits per heavy atom. The van der Waals surface area contributed by atoms with Crippen molar-refractivity contribution >= 4 is 23.2 Å². The molecule has 3 nitrogen and oxygen atoms in total. The fourth-order valence-electron chi connectivity index (χ4n) is 1.71. The molecule has 0 spiro atoms. The van der Waals surface area contributed by atoms with E-state index in [9.17, 15) is 0 Å². The van der Waals surface area contributed by atoms with E-state index in [2.05, 4.69) is 0 Å². The van der Waals surface area contributed by atoms with Gasteiger partial charge in [-0.1, -0.05) is 41.4 Å². The smallest absolute Gasteiger partial charge is 0.119 e. The van der Waals surface area contributed by atoms with Crippen LogP contribution in [0.4, 0.5) is 0 Å². The average Bonchev–Trinajstić information content (AvgIpc) is 2.48. The largest absolute Gasteiger partial charge is 0.489 e. The maximum atomic E-state index is 8.98. The van der Waals surface area contributed by atoms with Crippen LogP contribution in [0.3, 0.4) is 0 Å². The Hall–Kier alpha value is -1.26. The summed E-state index contributed by atoms with van der Waals surface area (Å²) in [5.74, 6) is 0.727. The Labute approximate surface area is 127 Å². The number of ether oxygens (including phenoxy) is 1. The van der Waals surface area contributed by atoms with Crippen molar-refractivity contribution in [2.75, 3.05) is 6.61 Å². The summed E-state index contributed by atoms with van der Waals surface area (Å²) in [7, 11) is 0. The first-order chi connectivity index (χ1) is 9.60. The zero-order chi connectivity index (χ0) is 14.5. The van der Waals surface area contributed by atoms with Crippen molar-refractivity contribution in [2.24, 2.45) is 5.73 Å². The number of hydrogen-bond acceptors (Lipinski definition) is 3. The molecule has 0 saturated carbocycles. The van der Waals surface area contributed by atoms with Crippen LogP contribution in [0.2, 0.25) is 10.0 Å². The first-order valence-corrected chi connectivity index (χ1v) is 6.89. The standard InChI is InChI=1S/C15H15Cl2NO2/c16-13-6-1-10(7-14(13)17)9-20-12-4-2-11(3-5-12)15(18)8-19/h1-7,15,19H,8-9,18H2/t15-/m0/s1. The van der Waals surface area contributed by atoms with Crippen molar-refractivity contribution < 1.29 is 9.84 Å². The van der Waals surface area contributed by atoms with Crippen molar-refractivity contribution in [3.8, 4) is 5.75 Å². The van der Waals surface area contributed by atoms with Crippen LogP contribution in [0.1, 0.15) is 17.2 Å². The number of hydrogen-bond donors (Lipinski definition) is 2. The molecule has 3 N–H and O–H groups in total. The van der Waals surface area contributed by atoms with Crippen LogP contribution in [-0.4, -0.2) is 11.7 Å². The summed E-state index contributed by atoms with van der Waals surface area (Å²) < 4.78 is 5.65. The Kier molecular flexibility index (Phi) is 5.26. The van der Waals surface area contributed by atoms with E-state index in [-0.39, 0.29) is 12.6 Å². The highest BCUT2D eigenvalue weighted by atomic mass is 35.5. The highest BCUT2D eigenvalue weighted by Crippen LogP contribution is 2.23. The monoisotopic (exact) mass is 311 g/mol. The molecule has 0 aliphatic rings. The van der Waals surface area contributed by atoms with E-state index in [4.69, 9.17) is 38.8 Å². The molecule has 0 unspecified atom stereocenters. The van der Waals surface area contributed by atoms with E-state index in [0.717, 1.165) is 16.9 Å². The van der Waals surface area contributed by atoms with E-state index in [1.165, 1.54) is 0 Å². The van der Waals surface area contributed by atoms with E-state index in [1.54, 1.807) is 12.1 Å². The number of halogens is 2. The van der Waals surface area contributed by atoms with Gasteiger partial charge in [-0.05, 0) is 35.4 Å². The molecule has 0 bridgehead atoms. The van der Waals surface area contributed by atoms with Gasteiger partial charge >= 0.3 is 0 Å². The maximum Gasteiger partial charge on any atom is 0.119 e. The van der Waals surface area contributed by atoms with Gasteiger partial charge in [0.1, 0.15) is 12.4 Å². The normalized spacial score (nSPS) is 12.2. The van der Waals surface area contributed by atoms with Crippen LogP contribution in [0, 0.1) is 0 Å². The van der Waals surface area contributed by atoms with Crippen molar-refractivity contribution in [3.63, 3.8) is 0 Å². The second-order valence-electron chi connectivity index (χ2n) is 4.40. The lowest BCUT2D eigenvalue weighted by Crippen LogP contribution is -2.14. The summed E-state index contributed by atoms with van der Waals surface area (Å²) in [6.07, 6.45) is 0. The van der Waals surface area contributed by atoms with Gasteiger partial charge in [-0.15, -0.1) is 0 Å². The lowest BCUT2D eigenvalue weighted by atomic mass is 10.1. The Morgan fingerprint density at radius 3 is 2.35 bits per heavy atom. The topological polar surface area (TPSA) is 55.5 Å². The molecule has 5 heteroatoms. The van der Waals surface area contributed by atoms with Gasteiger partial charge in [-0.25, -0.2) is 0 Å². The summed E-state index contributed by atoms with van der Waals surface area (Å²) in [6.45, 7) is 0.325. The van der Waals surface area contributed by atoms with Crippen molar-refractivity contribution in [1.29, 1.82) is 0 Å². The molecule has 0 saturated heterocycles. The van der Waals surface area contributed by atoms with Crippen LogP contribution >= 0.6 is 23.2 Å². The van der Waals surface area contributed by atoms with Gasteiger partial charge in [-0.3, -0.25) is 0 Å². The van der Waals surface area contributed by atoms with Crippen molar-refractivity contribution in [1.82, 2.24) is 0 Å². The lowest BCUT2D eigenvalue weighted by Gasteiger charge is -2.10. The third-order valence-electron chi connectivity index (χ3n) is 2.89. The molecule has 1 atom stereocenters. The number of benzene rings is 2. The molecule has 0 aliphatic heterocycles. The van der Waals surface area contributed by atoms with Crippen LogP contribution in [0.15, 0.2) is 42.5 Å². The predicted molar refractivity (Wildman–Crippen MR) is 81.3 cm³/mol. The van der Waals surface area contributed by atoms with Crippen molar-refractivity contribution in [2.45, 2.75) is 12.6 Å². The molecular formula is C15H15Cl2NO2. The quantitative estimate of drug-likeness (QED) is 0.887. The summed E-state index contributed by atoms with van der Waals surface area (Å²) in [5, 5.41) is 10.0. The Bertz CT molecular complexity index is 573. The van der Waals surface area contributed by atoms with E-state index < -0.39 is 0 Å². The van der Waals surface area contributed by atoms with Crippen LogP contribution in [0.5, 0.6) is 5.75 Å². The molecule has 0 aliphatic carbocycles. The summed E-state index contributed by atoms with van der Waals surface area (Å²) >= 11 is 11.8. The minimum Gasteiger partial charge on any atom is -0.489 e. The number of nitrogens with two attached hydrogens (primary N) is 1. The number of aliphatic hydroxyl groups is 1. The third-order valence-corrected chi connectivity index (χ3v) is 3.63. The molecule has 20 heavy (non-hydrogen) atoms. The summed E-state index contributed by atoms with van der Waals surface area (Å²) in [4.78, 5) is 0. The van der Waals surface area contributed by atoms with Gasteiger partial charge in [0.15, 0.2) is 0 Å². The zero-order valence-electron chi connectivity index (χ0n) is 10.7. The van der Waals surface area contributed by atoms with Gasteiger partial charge in [0, 0.05) is 0 Å². The molecule has 106 valence electrons. The van der Waals surface area contributed by atoms with Gasteiger partial charge in [-0.2, -0.15) is 0 Å². The molecule has 2 aromatic carbocycles. The minimum atomic E-state index is -0.362. The Balaban J connectivity index is 1.98. The second kappa shape index (κ2) is 6.95. The van der Waals surface area contributed by atoms with Crippen LogP contribution in [0.25, 0.3) is 0 Å². The average molecular weight is 312 g/mol. The van der Waals surface area contributed by atoms with Crippen LogP contribution < -0.4 is 10.5 Å². The Morgan fingerprint density at radius 1 is 1.05 bits per heavy atom. The van der Waals surface area contributed by atoms with Gasteiger partial charge in [0.2, 0.25) is 0 Å². The highest BCUT2D eigenvalue weighted by molar-refractivity contribution is 6.42. The lowest BCUT2D eigenvalue weighted by molar-refractivity contribution is 0.267. The zero-order valence-corrected chi connectivity index (χ0v) is 12.2. The SMILES string of the molecule is N[C@@H](CO)c1ccc(OCc2ccc(Cl)c(Cl)c2)cc1. The van der Waals surface area contributed by atoms with E-state index >= 15 is 0 Å². The molecular weight excluding hydrogens is 297 g/mol. The van der Waals surface area contributed by atoms with Gasteiger partial charge < -0.3 is 15.6 Å². The molecule has 0 fully saturated rings. The van der Waals surface area contributed by atoms with Gasteiger partial charge in [0.05, 0.1) is 22.7 Å². The number of aliphatic hydroxyl groups excluding tert-OH is 1. The molecule has 0 amide bonds. The first kappa shape index (κ1) is 15.1. The predicted octanol–water partition coefficient (Wildman–Crippen LogP) is 3.56. The molecule has 2 rings (SSSR count). The fourth-order valence-corrected chi connectivity index (χ4v) is 2.03. The fraction of sp³-hybridized carbons (Fsp3) is 0.200. The molecule has 2 aromatic rings. The maximum absolute atomic E-state index is 8.98. The number of rotatable bonds is 5. The summed E-state index contributed by atoms with van der Waals surface area (Å²) in [5.41, 5.74) is 7.53. The molecule has 0 radical (unpaired) electrons. The minimum absolute atomic E-state index is 0.0799. The van der Waals surface area contributed by atoms with E-state index in [1.807, 2.05) is 30.3 Å². The van der Waals surface area contributed by atoms with Crippen LogP contribution in [-0.2, 0) is 6.61 Å². The van der Waals surface area contributed by atoms with Crippen molar-refractivity contribution in [3.05, 3.63) is 63.6 Å². The van der Waals surface area contributed by atoms with Gasteiger partial charge in [0.25, 0.3) is 0 Å². The first-order valence-electron chi connectivity index (χ1n) is 6.13. The van der Waals surface area contributed by atoms with E-state index in [0.29, 0.717) is 16.7 Å². The molecule has 0 aromatic heterocycles. The third kappa shape index (κ3) is 3.87. The highest BCUT2D eigenvalue weighted by Gasteiger charge is 2.04. The molecule has 0 heterocycles. The second-order valence-corrected chi connectivity index (χ2v) is 5.21. The summed E-state index contributed by atoms with van der Waals surface area (Å²) in [6, 6.07) is 12.3.